The smallest absolute Gasteiger partial charge is 0.153 e. The van der Waals surface area contributed by atoms with Gasteiger partial charge in [0.2, 0.25) is 0 Å². The Labute approximate surface area is 71.6 Å². The predicted molar refractivity (Wildman–Crippen MR) is 44.6 cm³/mol. The van der Waals surface area contributed by atoms with E-state index >= 15 is 0 Å². The maximum atomic E-state index is 11.7. The molecule has 0 aromatic heterocycles. The highest BCUT2D eigenvalue weighted by molar-refractivity contribution is 6.15. The lowest BCUT2D eigenvalue weighted by Gasteiger charge is -2.23. The minimum absolute atomic E-state index is 0.0868. The lowest BCUT2D eigenvalue weighted by Crippen LogP contribution is -2.32. The lowest BCUT2D eigenvalue weighted by atomic mass is 9.77. The van der Waals surface area contributed by atoms with Crippen molar-refractivity contribution in [3.63, 3.8) is 0 Å². The van der Waals surface area contributed by atoms with E-state index in [-0.39, 0.29) is 17.5 Å². The van der Waals surface area contributed by atoms with Gasteiger partial charge < -0.3 is 0 Å². The molecule has 0 unspecified atom stereocenters. The molecule has 0 spiro atoms. The molecule has 0 heterocycles. The molecule has 0 radical (unpaired) electrons. The van der Waals surface area contributed by atoms with Gasteiger partial charge in [0, 0.05) is 12.3 Å². The van der Waals surface area contributed by atoms with Crippen LogP contribution in [0.15, 0.2) is 11.6 Å². The molecule has 2 rings (SSSR count). The maximum absolute atomic E-state index is 11.7. The van der Waals surface area contributed by atoms with Gasteiger partial charge in [0.05, 0.1) is 5.41 Å². The van der Waals surface area contributed by atoms with Crippen LogP contribution < -0.4 is 0 Å². The zero-order valence-corrected chi connectivity index (χ0v) is 7.39. The van der Waals surface area contributed by atoms with E-state index in [9.17, 15) is 9.59 Å². The van der Waals surface area contributed by atoms with E-state index in [0.717, 1.165) is 5.57 Å². The Bertz CT molecular complexity index is 301. The molecule has 64 valence electrons. The first-order chi connectivity index (χ1) is 5.55. The molecular formula is C10H12O2. The van der Waals surface area contributed by atoms with Gasteiger partial charge in [0.15, 0.2) is 5.78 Å². The Morgan fingerprint density at radius 1 is 1.50 bits per heavy atom. The Morgan fingerprint density at radius 3 is 2.75 bits per heavy atom. The molecule has 2 bridgehead atoms. The average Bonchev–Trinajstić information content (AvgIpc) is 2.17. The van der Waals surface area contributed by atoms with E-state index in [0.29, 0.717) is 12.8 Å². The molecule has 12 heavy (non-hydrogen) atoms. The summed E-state index contributed by atoms with van der Waals surface area (Å²) in [4.78, 5) is 23.1. The van der Waals surface area contributed by atoms with E-state index in [2.05, 4.69) is 0 Å². The van der Waals surface area contributed by atoms with Crippen LogP contribution in [0.3, 0.4) is 0 Å². The van der Waals surface area contributed by atoms with Gasteiger partial charge in [-0.05, 0) is 20.3 Å². The first-order valence-electron chi connectivity index (χ1n) is 4.30. The standard InChI is InChI=1S/C10H12O2/c1-6-3-4-10(2)8(11)5-7(6)9(10)12/h3,7H,4-5H2,1-2H3/t7-,10-/m1/s1. The van der Waals surface area contributed by atoms with Gasteiger partial charge in [-0.15, -0.1) is 0 Å². The third-order valence-corrected chi connectivity index (χ3v) is 3.25. The molecule has 0 aromatic rings. The number of fused-ring (bicyclic) bond motifs is 2. The van der Waals surface area contributed by atoms with Crippen LogP contribution in [0.5, 0.6) is 0 Å². The number of ketones is 2. The normalized spacial score (nSPS) is 40.2. The number of hydrogen-bond donors (Lipinski definition) is 0. The molecule has 2 aliphatic rings. The van der Waals surface area contributed by atoms with Crippen molar-refractivity contribution in [2.75, 3.05) is 0 Å². The first-order valence-corrected chi connectivity index (χ1v) is 4.30. The van der Waals surface area contributed by atoms with Crippen molar-refractivity contribution in [1.82, 2.24) is 0 Å². The fourth-order valence-corrected chi connectivity index (χ4v) is 2.11. The van der Waals surface area contributed by atoms with Gasteiger partial charge in [-0.1, -0.05) is 11.6 Å². The van der Waals surface area contributed by atoms with Gasteiger partial charge in [-0.3, -0.25) is 9.59 Å². The van der Waals surface area contributed by atoms with Crippen LogP contribution in [-0.4, -0.2) is 11.6 Å². The number of carbonyl (C=O) groups excluding carboxylic acids is 2. The molecule has 1 fully saturated rings. The molecule has 2 heteroatoms. The highest BCUT2D eigenvalue weighted by atomic mass is 16.2. The summed E-state index contributed by atoms with van der Waals surface area (Å²) < 4.78 is 0. The fourth-order valence-electron chi connectivity index (χ4n) is 2.11. The quantitative estimate of drug-likeness (QED) is 0.401. The number of rotatable bonds is 0. The van der Waals surface area contributed by atoms with Crippen LogP contribution >= 0.6 is 0 Å². The van der Waals surface area contributed by atoms with Crippen LogP contribution in [-0.2, 0) is 9.59 Å². The summed E-state index contributed by atoms with van der Waals surface area (Å²) in [5.74, 6) is 0.189. The van der Waals surface area contributed by atoms with Crippen molar-refractivity contribution in [1.29, 1.82) is 0 Å². The van der Waals surface area contributed by atoms with Crippen molar-refractivity contribution in [2.45, 2.75) is 26.7 Å². The summed E-state index contributed by atoms with van der Waals surface area (Å²) >= 11 is 0. The Morgan fingerprint density at radius 2 is 2.17 bits per heavy atom. The van der Waals surface area contributed by atoms with Crippen molar-refractivity contribution < 1.29 is 9.59 Å². The summed E-state index contributed by atoms with van der Waals surface area (Å²) in [5, 5.41) is 0. The highest BCUT2D eigenvalue weighted by Gasteiger charge is 2.52. The number of Topliss-reactive ketones (excluding diaryl/α,β-unsaturated/α-hetero) is 2. The Hall–Kier alpha value is -0.920. The van der Waals surface area contributed by atoms with Crippen molar-refractivity contribution in [3.05, 3.63) is 11.6 Å². The average molecular weight is 164 g/mol. The monoisotopic (exact) mass is 164 g/mol. The van der Waals surface area contributed by atoms with Crippen LogP contribution in [0.25, 0.3) is 0 Å². The minimum atomic E-state index is -0.663. The molecule has 0 aromatic carbocycles. The summed E-state index contributed by atoms with van der Waals surface area (Å²) in [6.07, 6.45) is 3.10. The van der Waals surface area contributed by atoms with E-state index in [1.165, 1.54) is 0 Å². The largest absolute Gasteiger partial charge is 0.299 e. The molecule has 2 aliphatic carbocycles. The first kappa shape index (κ1) is 7.71. The van der Waals surface area contributed by atoms with Gasteiger partial charge in [0.1, 0.15) is 5.78 Å². The molecule has 1 saturated carbocycles. The summed E-state index contributed by atoms with van der Waals surface area (Å²) in [5.41, 5.74) is 0.424. The Balaban J connectivity index is 2.51. The number of carbonyl (C=O) groups is 2. The maximum Gasteiger partial charge on any atom is 0.153 e. The zero-order chi connectivity index (χ0) is 8.93. The second-order valence-electron chi connectivity index (χ2n) is 4.03. The lowest BCUT2D eigenvalue weighted by molar-refractivity contribution is -0.134. The van der Waals surface area contributed by atoms with Crippen LogP contribution in [0.4, 0.5) is 0 Å². The summed E-state index contributed by atoms with van der Waals surface area (Å²) in [6.45, 7) is 3.72. The van der Waals surface area contributed by atoms with Gasteiger partial charge in [0.25, 0.3) is 0 Å². The van der Waals surface area contributed by atoms with E-state index < -0.39 is 5.41 Å². The van der Waals surface area contributed by atoms with Crippen molar-refractivity contribution in [2.24, 2.45) is 11.3 Å². The van der Waals surface area contributed by atoms with Crippen molar-refractivity contribution >= 4 is 11.6 Å². The van der Waals surface area contributed by atoms with E-state index in [4.69, 9.17) is 0 Å². The molecule has 2 atom stereocenters. The summed E-state index contributed by atoms with van der Waals surface area (Å²) in [6, 6.07) is 0. The third kappa shape index (κ3) is 0.701. The zero-order valence-electron chi connectivity index (χ0n) is 7.39. The predicted octanol–water partition coefficient (Wildman–Crippen LogP) is 1.50. The second-order valence-corrected chi connectivity index (χ2v) is 4.03. The van der Waals surface area contributed by atoms with Crippen molar-refractivity contribution in [3.8, 4) is 0 Å². The van der Waals surface area contributed by atoms with Crippen LogP contribution in [0, 0.1) is 11.3 Å². The van der Waals surface area contributed by atoms with Gasteiger partial charge in [-0.2, -0.15) is 0 Å². The third-order valence-electron chi connectivity index (χ3n) is 3.25. The van der Waals surface area contributed by atoms with Crippen LogP contribution in [0.1, 0.15) is 26.7 Å². The Kier molecular flexibility index (Phi) is 1.33. The molecule has 0 amide bonds. The molecular weight excluding hydrogens is 152 g/mol. The second kappa shape index (κ2) is 2.06. The SMILES string of the molecule is CC1=CC[C@]2(C)C(=O)C[C@H]1C2=O. The van der Waals surface area contributed by atoms with E-state index in [1.54, 1.807) is 6.92 Å². The molecule has 0 N–H and O–H groups in total. The van der Waals surface area contributed by atoms with E-state index in [1.807, 2.05) is 13.0 Å². The van der Waals surface area contributed by atoms with Crippen LogP contribution in [0.2, 0.25) is 0 Å². The topological polar surface area (TPSA) is 34.1 Å². The highest BCUT2D eigenvalue weighted by Crippen LogP contribution is 2.45. The molecule has 0 aliphatic heterocycles. The number of hydrogen-bond acceptors (Lipinski definition) is 2. The summed E-state index contributed by atoms with van der Waals surface area (Å²) in [7, 11) is 0. The fraction of sp³-hybridized carbons (Fsp3) is 0.600. The van der Waals surface area contributed by atoms with Gasteiger partial charge in [-0.25, -0.2) is 0 Å². The molecule has 0 saturated heterocycles. The number of allylic oxidation sites excluding steroid dienone is 2. The molecule has 2 nitrogen and oxygen atoms in total. The van der Waals surface area contributed by atoms with Gasteiger partial charge >= 0.3 is 0 Å². The minimum Gasteiger partial charge on any atom is -0.299 e.